The summed E-state index contributed by atoms with van der Waals surface area (Å²) in [5.74, 6) is 1.32. The molecule has 0 aromatic heterocycles. The van der Waals surface area contributed by atoms with Gasteiger partial charge in [0, 0.05) is 19.6 Å². The van der Waals surface area contributed by atoms with Crippen LogP contribution in [0.15, 0.2) is 0 Å². The van der Waals surface area contributed by atoms with Crippen molar-refractivity contribution in [1.82, 2.24) is 10.2 Å². The molecule has 0 aromatic carbocycles. The Balaban J connectivity index is 0.000000963. The van der Waals surface area contributed by atoms with E-state index in [2.05, 4.69) is 10.2 Å². The Bertz CT molecular complexity index is 267. The van der Waals surface area contributed by atoms with Crippen molar-refractivity contribution in [2.24, 2.45) is 11.8 Å². The highest BCUT2D eigenvalue weighted by atomic mass is 35.5. The summed E-state index contributed by atoms with van der Waals surface area (Å²) in [4.78, 5) is 14.2. The Morgan fingerprint density at radius 2 is 2.06 bits per heavy atom. The van der Waals surface area contributed by atoms with E-state index in [1.807, 2.05) is 0 Å². The van der Waals surface area contributed by atoms with Gasteiger partial charge < -0.3 is 15.0 Å². The van der Waals surface area contributed by atoms with E-state index >= 15 is 0 Å². The maximum absolute atomic E-state index is 12.2. The van der Waals surface area contributed by atoms with Gasteiger partial charge in [0.15, 0.2) is 0 Å². The second kappa shape index (κ2) is 4.90. The van der Waals surface area contributed by atoms with Crippen molar-refractivity contribution in [3.63, 3.8) is 0 Å². The first-order chi connectivity index (χ1) is 7.36. The highest BCUT2D eigenvalue weighted by molar-refractivity contribution is 5.85. The quantitative estimate of drug-likeness (QED) is 0.760. The predicted molar refractivity (Wildman–Crippen MR) is 62.7 cm³/mol. The molecule has 1 N–H and O–H groups in total. The number of nitrogens with one attached hydrogen (secondary N) is 1. The molecule has 1 saturated carbocycles. The fraction of sp³-hybridized carbons (Fsp3) is 0.909. The first kappa shape index (κ1) is 12.1. The number of amides is 1. The van der Waals surface area contributed by atoms with Crippen molar-refractivity contribution in [1.29, 1.82) is 0 Å². The van der Waals surface area contributed by atoms with Gasteiger partial charge in [-0.3, -0.25) is 4.79 Å². The van der Waals surface area contributed by atoms with Crippen LogP contribution in [0.1, 0.15) is 12.8 Å². The van der Waals surface area contributed by atoms with E-state index in [1.54, 1.807) is 0 Å². The molecule has 4 nitrogen and oxygen atoms in total. The standard InChI is InChI=1S/C11H18N2O2.ClH/c14-11(9-5-12-6-9)13-3-4-15-7-10(13)8-1-2-8;/h8-10,12H,1-7H2;1H. The lowest BCUT2D eigenvalue weighted by molar-refractivity contribution is -0.146. The summed E-state index contributed by atoms with van der Waals surface area (Å²) in [7, 11) is 0. The highest BCUT2D eigenvalue weighted by Gasteiger charge is 2.41. The monoisotopic (exact) mass is 246 g/mol. The van der Waals surface area contributed by atoms with Crippen LogP contribution in [0.4, 0.5) is 0 Å². The van der Waals surface area contributed by atoms with Crippen LogP contribution in [0, 0.1) is 11.8 Å². The molecule has 0 radical (unpaired) electrons. The van der Waals surface area contributed by atoms with Gasteiger partial charge in [0.2, 0.25) is 5.91 Å². The highest BCUT2D eigenvalue weighted by Crippen LogP contribution is 2.37. The summed E-state index contributed by atoms with van der Waals surface area (Å²) < 4.78 is 5.49. The average molecular weight is 247 g/mol. The van der Waals surface area contributed by atoms with E-state index in [0.29, 0.717) is 11.9 Å². The van der Waals surface area contributed by atoms with Crippen LogP contribution < -0.4 is 5.32 Å². The second-order valence-corrected chi connectivity index (χ2v) is 4.87. The molecule has 0 bridgehead atoms. The van der Waals surface area contributed by atoms with Crippen LogP contribution in [-0.2, 0) is 9.53 Å². The molecule has 1 atom stereocenters. The molecular formula is C11H19ClN2O2. The summed E-state index contributed by atoms with van der Waals surface area (Å²) in [6.07, 6.45) is 2.56. The van der Waals surface area contributed by atoms with E-state index in [9.17, 15) is 4.79 Å². The number of ether oxygens (including phenoxy) is 1. The number of halogens is 1. The number of morpholine rings is 1. The summed E-state index contributed by atoms with van der Waals surface area (Å²) in [5, 5.41) is 3.16. The van der Waals surface area contributed by atoms with Gasteiger partial charge in [0.1, 0.15) is 0 Å². The van der Waals surface area contributed by atoms with E-state index in [0.717, 1.165) is 38.8 Å². The first-order valence-electron chi connectivity index (χ1n) is 5.95. The molecule has 0 aromatic rings. The molecule has 2 saturated heterocycles. The third-order valence-electron chi connectivity index (χ3n) is 3.75. The van der Waals surface area contributed by atoms with Gasteiger partial charge in [-0.05, 0) is 18.8 Å². The largest absolute Gasteiger partial charge is 0.377 e. The fourth-order valence-corrected chi connectivity index (χ4v) is 2.47. The molecule has 2 heterocycles. The first-order valence-corrected chi connectivity index (χ1v) is 5.95. The van der Waals surface area contributed by atoms with Crippen LogP contribution in [-0.4, -0.2) is 49.7 Å². The van der Waals surface area contributed by atoms with Crippen molar-refractivity contribution in [3.8, 4) is 0 Å². The number of rotatable bonds is 2. The third-order valence-corrected chi connectivity index (χ3v) is 3.75. The number of hydrogen-bond donors (Lipinski definition) is 1. The van der Waals surface area contributed by atoms with Gasteiger partial charge in [-0.15, -0.1) is 12.4 Å². The number of carbonyl (C=O) groups excluding carboxylic acids is 1. The maximum Gasteiger partial charge on any atom is 0.228 e. The van der Waals surface area contributed by atoms with Crippen LogP contribution in [0.3, 0.4) is 0 Å². The summed E-state index contributed by atoms with van der Waals surface area (Å²) >= 11 is 0. The van der Waals surface area contributed by atoms with Crippen LogP contribution in [0.2, 0.25) is 0 Å². The topological polar surface area (TPSA) is 41.6 Å². The smallest absolute Gasteiger partial charge is 0.228 e. The molecule has 92 valence electrons. The summed E-state index contributed by atoms with van der Waals surface area (Å²) in [6.45, 7) is 4.02. The lowest BCUT2D eigenvalue weighted by Crippen LogP contribution is -2.58. The fourth-order valence-electron chi connectivity index (χ4n) is 2.47. The molecular weight excluding hydrogens is 228 g/mol. The number of carbonyl (C=O) groups is 1. The molecule has 2 aliphatic heterocycles. The van der Waals surface area contributed by atoms with Crippen molar-refractivity contribution >= 4 is 18.3 Å². The average Bonchev–Trinajstić information content (AvgIpc) is 2.98. The zero-order valence-corrected chi connectivity index (χ0v) is 10.2. The van der Waals surface area contributed by atoms with Crippen molar-refractivity contribution in [3.05, 3.63) is 0 Å². The van der Waals surface area contributed by atoms with Crippen molar-refractivity contribution < 1.29 is 9.53 Å². The Hall–Kier alpha value is -0.320. The normalized spacial score (nSPS) is 30.5. The van der Waals surface area contributed by atoms with Crippen LogP contribution in [0.5, 0.6) is 0 Å². The lowest BCUT2D eigenvalue weighted by Gasteiger charge is -2.40. The maximum atomic E-state index is 12.2. The van der Waals surface area contributed by atoms with Crippen LogP contribution >= 0.6 is 12.4 Å². The number of nitrogens with zero attached hydrogens (tertiary/aromatic N) is 1. The summed E-state index contributed by atoms with van der Waals surface area (Å²) in [5.41, 5.74) is 0. The van der Waals surface area contributed by atoms with E-state index in [1.165, 1.54) is 12.8 Å². The predicted octanol–water partition coefficient (Wildman–Crippen LogP) is 0.265. The molecule has 3 aliphatic rings. The Kier molecular flexibility index (Phi) is 3.72. The van der Waals surface area contributed by atoms with Gasteiger partial charge in [-0.1, -0.05) is 0 Å². The molecule has 1 unspecified atom stereocenters. The second-order valence-electron chi connectivity index (χ2n) is 4.87. The Labute approximate surface area is 102 Å². The minimum absolute atomic E-state index is 0. The Morgan fingerprint density at radius 1 is 1.31 bits per heavy atom. The van der Waals surface area contributed by atoms with E-state index in [4.69, 9.17) is 4.74 Å². The molecule has 0 spiro atoms. The molecule has 1 amide bonds. The molecule has 5 heteroatoms. The SMILES string of the molecule is Cl.O=C(C1CNC1)N1CCOCC1C1CC1. The third kappa shape index (κ3) is 2.19. The van der Waals surface area contributed by atoms with Crippen molar-refractivity contribution in [2.75, 3.05) is 32.8 Å². The van der Waals surface area contributed by atoms with Gasteiger partial charge in [0.25, 0.3) is 0 Å². The number of hydrogen-bond acceptors (Lipinski definition) is 3. The molecule has 3 rings (SSSR count). The van der Waals surface area contributed by atoms with Gasteiger partial charge >= 0.3 is 0 Å². The molecule has 1 aliphatic carbocycles. The van der Waals surface area contributed by atoms with E-state index < -0.39 is 0 Å². The van der Waals surface area contributed by atoms with Gasteiger partial charge in [-0.2, -0.15) is 0 Å². The van der Waals surface area contributed by atoms with Gasteiger partial charge in [0.05, 0.1) is 25.2 Å². The summed E-state index contributed by atoms with van der Waals surface area (Å²) in [6, 6.07) is 0.381. The molecule has 16 heavy (non-hydrogen) atoms. The van der Waals surface area contributed by atoms with Crippen LogP contribution in [0.25, 0.3) is 0 Å². The Morgan fingerprint density at radius 3 is 2.62 bits per heavy atom. The zero-order chi connectivity index (χ0) is 10.3. The van der Waals surface area contributed by atoms with Gasteiger partial charge in [-0.25, -0.2) is 0 Å². The molecule has 3 fully saturated rings. The lowest BCUT2D eigenvalue weighted by atomic mass is 9.99. The van der Waals surface area contributed by atoms with Crippen molar-refractivity contribution in [2.45, 2.75) is 18.9 Å². The zero-order valence-electron chi connectivity index (χ0n) is 9.35. The minimum Gasteiger partial charge on any atom is -0.377 e. The van der Waals surface area contributed by atoms with E-state index in [-0.39, 0.29) is 18.3 Å². The minimum atomic E-state index is 0.